The Morgan fingerprint density at radius 1 is 1.14 bits per heavy atom. The molecule has 0 fully saturated rings. The van der Waals surface area contributed by atoms with Crippen molar-refractivity contribution in [3.63, 3.8) is 0 Å². The number of thioether (sulfide) groups is 1. The Balaban J connectivity index is 1.57. The van der Waals surface area contributed by atoms with E-state index >= 15 is 0 Å². The van der Waals surface area contributed by atoms with Crippen LogP contribution in [0, 0.1) is 0 Å². The molecule has 4 nitrogen and oxygen atoms in total. The van der Waals surface area contributed by atoms with Crippen molar-refractivity contribution in [1.82, 2.24) is 10.1 Å². The van der Waals surface area contributed by atoms with E-state index < -0.39 is 0 Å². The van der Waals surface area contributed by atoms with Crippen molar-refractivity contribution in [2.75, 3.05) is 7.11 Å². The zero-order chi connectivity index (χ0) is 14.9. The van der Waals surface area contributed by atoms with E-state index in [9.17, 15) is 0 Å². The third-order valence-corrected chi connectivity index (χ3v) is 5.02. The van der Waals surface area contributed by atoms with E-state index in [-0.39, 0.29) is 5.25 Å². The molecule has 1 aromatic heterocycles. The fourth-order valence-corrected chi connectivity index (χ4v) is 3.77. The van der Waals surface area contributed by atoms with Crippen molar-refractivity contribution in [3.05, 3.63) is 60.0 Å². The van der Waals surface area contributed by atoms with Crippen LogP contribution in [0.3, 0.4) is 0 Å². The SMILES string of the molecule is COc1ccc(-c2noc(C3Cc4ccccc4S3)n2)cc1. The number of fused-ring (bicyclic) bond motifs is 1. The summed E-state index contributed by atoms with van der Waals surface area (Å²) in [7, 11) is 1.65. The average molecular weight is 310 g/mol. The lowest BCUT2D eigenvalue weighted by Gasteiger charge is -2.00. The van der Waals surface area contributed by atoms with E-state index in [4.69, 9.17) is 9.26 Å². The molecular weight excluding hydrogens is 296 g/mol. The van der Waals surface area contributed by atoms with Crippen LogP contribution in [-0.4, -0.2) is 17.3 Å². The van der Waals surface area contributed by atoms with Crippen LogP contribution in [0.15, 0.2) is 57.9 Å². The lowest BCUT2D eigenvalue weighted by atomic mass is 10.1. The van der Waals surface area contributed by atoms with Gasteiger partial charge in [-0.05, 0) is 42.3 Å². The number of aromatic nitrogens is 2. The van der Waals surface area contributed by atoms with E-state index in [1.807, 2.05) is 24.3 Å². The average Bonchev–Trinajstić information content (AvgIpc) is 3.21. The van der Waals surface area contributed by atoms with Gasteiger partial charge in [0.25, 0.3) is 0 Å². The molecule has 4 rings (SSSR count). The third kappa shape index (κ3) is 2.37. The molecule has 2 aromatic carbocycles. The maximum Gasteiger partial charge on any atom is 0.240 e. The highest BCUT2D eigenvalue weighted by Gasteiger charge is 2.28. The van der Waals surface area contributed by atoms with Crippen molar-refractivity contribution >= 4 is 11.8 Å². The molecule has 2 heterocycles. The second-order valence-electron chi connectivity index (χ2n) is 5.10. The number of hydrogen-bond acceptors (Lipinski definition) is 5. The molecule has 1 atom stereocenters. The summed E-state index contributed by atoms with van der Waals surface area (Å²) >= 11 is 1.79. The summed E-state index contributed by atoms with van der Waals surface area (Å²) in [4.78, 5) is 5.86. The Labute approximate surface area is 132 Å². The first-order valence-corrected chi connectivity index (χ1v) is 7.94. The minimum Gasteiger partial charge on any atom is -0.497 e. The summed E-state index contributed by atoms with van der Waals surface area (Å²) in [5.74, 6) is 2.12. The highest BCUT2D eigenvalue weighted by Crippen LogP contribution is 2.45. The van der Waals surface area contributed by atoms with Crippen molar-refractivity contribution in [3.8, 4) is 17.1 Å². The van der Waals surface area contributed by atoms with Crippen molar-refractivity contribution in [2.45, 2.75) is 16.6 Å². The largest absolute Gasteiger partial charge is 0.497 e. The molecule has 3 aromatic rings. The molecule has 0 N–H and O–H groups in total. The van der Waals surface area contributed by atoms with Crippen LogP contribution in [0.1, 0.15) is 16.7 Å². The van der Waals surface area contributed by atoms with E-state index in [0.717, 1.165) is 17.7 Å². The molecule has 0 saturated carbocycles. The topological polar surface area (TPSA) is 48.2 Å². The van der Waals surface area contributed by atoms with Gasteiger partial charge in [-0.2, -0.15) is 4.98 Å². The molecule has 0 saturated heterocycles. The van der Waals surface area contributed by atoms with E-state index in [1.54, 1.807) is 18.9 Å². The molecule has 1 aliphatic rings. The fraction of sp³-hybridized carbons (Fsp3) is 0.176. The summed E-state index contributed by atoms with van der Waals surface area (Å²) < 4.78 is 10.6. The molecule has 0 bridgehead atoms. The molecule has 22 heavy (non-hydrogen) atoms. The number of rotatable bonds is 3. The normalized spacial score (nSPS) is 16.5. The van der Waals surface area contributed by atoms with E-state index in [0.29, 0.717) is 11.7 Å². The molecular formula is C17H14N2O2S. The highest BCUT2D eigenvalue weighted by molar-refractivity contribution is 7.99. The van der Waals surface area contributed by atoms with Crippen LogP contribution in [0.5, 0.6) is 5.75 Å². The Morgan fingerprint density at radius 3 is 2.73 bits per heavy atom. The molecule has 1 aliphatic heterocycles. The zero-order valence-corrected chi connectivity index (χ0v) is 12.8. The smallest absolute Gasteiger partial charge is 0.240 e. The lowest BCUT2D eigenvalue weighted by Crippen LogP contribution is -1.92. The number of nitrogens with zero attached hydrogens (tertiary/aromatic N) is 2. The van der Waals surface area contributed by atoms with Crippen LogP contribution in [0.2, 0.25) is 0 Å². The van der Waals surface area contributed by atoms with E-state index in [2.05, 4.69) is 34.4 Å². The van der Waals surface area contributed by atoms with Crippen LogP contribution in [0.25, 0.3) is 11.4 Å². The first-order valence-electron chi connectivity index (χ1n) is 7.06. The van der Waals surface area contributed by atoms with Gasteiger partial charge >= 0.3 is 0 Å². The van der Waals surface area contributed by atoms with Crippen LogP contribution >= 0.6 is 11.8 Å². The molecule has 0 amide bonds. The van der Waals surface area contributed by atoms with Gasteiger partial charge in [-0.3, -0.25) is 0 Å². The van der Waals surface area contributed by atoms with Gasteiger partial charge in [-0.25, -0.2) is 0 Å². The molecule has 0 radical (unpaired) electrons. The monoisotopic (exact) mass is 310 g/mol. The molecule has 0 spiro atoms. The first kappa shape index (κ1) is 13.4. The number of hydrogen-bond donors (Lipinski definition) is 0. The van der Waals surface area contributed by atoms with Crippen molar-refractivity contribution < 1.29 is 9.26 Å². The molecule has 1 unspecified atom stereocenters. The molecule has 110 valence electrons. The van der Waals surface area contributed by atoms with Gasteiger partial charge in [0.15, 0.2) is 0 Å². The minimum absolute atomic E-state index is 0.205. The fourth-order valence-electron chi connectivity index (χ4n) is 2.54. The van der Waals surface area contributed by atoms with Gasteiger partial charge < -0.3 is 9.26 Å². The van der Waals surface area contributed by atoms with Crippen molar-refractivity contribution in [2.24, 2.45) is 0 Å². The summed E-state index contributed by atoms with van der Waals surface area (Å²) in [6.07, 6.45) is 0.936. The van der Waals surface area contributed by atoms with Crippen molar-refractivity contribution in [1.29, 1.82) is 0 Å². The lowest BCUT2D eigenvalue weighted by molar-refractivity contribution is 0.377. The number of benzene rings is 2. The van der Waals surface area contributed by atoms with E-state index in [1.165, 1.54) is 10.5 Å². The van der Waals surface area contributed by atoms with Gasteiger partial charge in [-0.15, -0.1) is 11.8 Å². The summed E-state index contributed by atoms with van der Waals surface area (Å²) in [6, 6.07) is 16.1. The summed E-state index contributed by atoms with van der Waals surface area (Å²) in [5.41, 5.74) is 2.28. The maximum absolute atomic E-state index is 5.48. The van der Waals surface area contributed by atoms with Crippen LogP contribution < -0.4 is 4.74 Å². The summed E-state index contributed by atoms with van der Waals surface area (Å²) in [6.45, 7) is 0. The standard InChI is InChI=1S/C17H14N2O2S/c1-20-13-8-6-11(7-9-13)16-18-17(21-19-16)15-10-12-4-2-3-5-14(12)22-15/h2-9,15H,10H2,1H3. The Hall–Kier alpha value is -2.27. The molecule has 0 aliphatic carbocycles. The van der Waals surface area contributed by atoms with Gasteiger partial charge in [-0.1, -0.05) is 23.4 Å². The quantitative estimate of drug-likeness (QED) is 0.728. The number of methoxy groups -OCH3 is 1. The van der Waals surface area contributed by atoms with Gasteiger partial charge in [0.2, 0.25) is 11.7 Å². The predicted octanol–water partition coefficient (Wildman–Crippen LogP) is 4.13. The maximum atomic E-state index is 5.48. The predicted molar refractivity (Wildman–Crippen MR) is 85.0 cm³/mol. The third-order valence-electron chi connectivity index (χ3n) is 3.71. The van der Waals surface area contributed by atoms with Gasteiger partial charge in [0.05, 0.1) is 12.4 Å². The van der Waals surface area contributed by atoms with Crippen LogP contribution in [-0.2, 0) is 6.42 Å². The summed E-state index contributed by atoms with van der Waals surface area (Å²) in [5, 5.41) is 4.31. The highest BCUT2D eigenvalue weighted by atomic mass is 32.2. The minimum atomic E-state index is 0.205. The van der Waals surface area contributed by atoms with Gasteiger partial charge in [0.1, 0.15) is 5.75 Å². The first-order chi connectivity index (χ1) is 10.8. The molecule has 5 heteroatoms. The van der Waals surface area contributed by atoms with Gasteiger partial charge in [0, 0.05) is 10.5 Å². The Morgan fingerprint density at radius 2 is 1.95 bits per heavy atom. The Kier molecular flexibility index (Phi) is 3.35. The van der Waals surface area contributed by atoms with Crippen LogP contribution in [0.4, 0.5) is 0 Å². The second-order valence-corrected chi connectivity index (χ2v) is 6.35. The number of ether oxygens (including phenoxy) is 1. The Bertz CT molecular complexity index is 773. The zero-order valence-electron chi connectivity index (χ0n) is 12.0. The second kappa shape index (κ2) is 5.50.